The molecule has 2 aromatic heterocycles. The summed E-state index contributed by atoms with van der Waals surface area (Å²) in [5.74, 6) is 9.57. The van der Waals surface area contributed by atoms with E-state index in [0.717, 1.165) is 35.9 Å². The number of nitrogens with zero attached hydrogens (tertiary/aromatic N) is 3. The highest BCUT2D eigenvalue weighted by Gasteiger charge is 2.27. The summed E-state index contributed by atoms with van der Waals surface area (Å²) in [4.78, 5) is 13.2. The number of nitrogens with two attached hydrogens (primary N) is 1. The van der Waals surface area contributed by atoms with Crippen LogP contribution in [0, 0.1) is 13.8 Å². The minimum atomic E-state index is 0.468. The van der Waals surface area contributed by atoms with E-state index in [4.69, 9.17) is 10.3 Å². The van der Waals surface area contributed by atoms with Crippen molar-refractivity contribution in [3.8, 4) is 0 Å². The van der Waals surface area contributed by atoms with Crippen LogP contribution in [-0.2, 0) is 6.54 Å². The lowest BCUT2D eigenvalue weighted by Crippen LogP contribution is -2.12. The van der Waals surface area contributed by atoms with Crippen molar-refractivity contribution in [3.05, 3.63) is 29.2 Å². The second-order valence-corrected chi connectivity index (χ2v) is 5.02. The number of nitrogens with one attached hydrogen (secondary N) is 2. The number of aryl methyl sites for hydroxylation is 2. The van der Waals surface area contributed by atoms with Gasteiger partial charge in [-0.25, -0.2) is 20.8 Å². The van der Waals surface area contributed by atoms with Crippen LogP contribution in [-0.4, -0.2) is 15.0 Å². The molecule has 106 valence electrons. The summed E-state index contributed by atoms with van der Waals surface area (Å²) >= 11 is 0. The number of rotatable bonds is 5. The summed E-state index contributed by atoms with van der Waals surface area (Å²) < 4.78 is 5.53. The highest BCUT2D eigenvalue weighted by Crippen LogP contribution is 2.38. The van der Waals surface area contributed by atoms with Gasteiger partial charge in [-0.15, -0.1) is 0 Å². The second-order valence-electron chi connectivity index (χ2n) is 5.02. The molecule has 7 nitrogen and oxygen atoms in total. The van der Waals surface area contributed by atoms with Gasteiger partial charge in [0.1, 0.15) is 23.2 Å². The quantitative estimate of drug-likeness (QED) is 0.565. The fraction of sp³-hybridized carbons (Fsp3) is 0.462. The van der Waals surface area contributed by atoms with Gasteiger partial charge in [0.15, 0.2) is 0 Å². The lowest BCUT2D eigenvalue weighted by molar-refractivity contribution is 0.478. The molecule has 3 rings (SSSR count). The molecule has 1 fully saturated rings. The zero-order chi connectivity index (χ0) is 14.1. The van der Waals surface area contributed by atoms with E-state index < -0.39 is 0 Å². The molecule has 0 unspecified atom stereocenters. The number of aromatic nitrogens is 3. The van der Waals surface area contributed by atoms with Gasteiger partial charge in [0.25, 0.3) is 0 Å². The molecule has 0 spiro atoms. The summed E-state index contributed by atoms with van der Waals surface area (Å²) in [7, 11) is 0. The maximum absolute atomic E-state index is 5.53. The molecule has 0 atom stereocenters. The van der Waals surface area contributed by atoms with Crippen LogP contribution in [0.2, 0.25) is 0 Å². The fourth-order valence-electron chi connectivity index (χ4n) is 1.94. The molecule has 0 aliphatic heterocycles. The van der Waals surface area contributed by atoms with Crippen LogP contribution >= 0.6 is 0 Å². The molecule has 0 aromatic carbocycles. The maximum atomic E-state index is 5.53. The summed E-state index contributed by atoms with van der Waals surface area (Å²) in [5.41, 5.74) is 3.48. The van der Waals surface area contributed by atoms with Crippen molar-refractivity contribution in [1.82, 2.24) is 15.0 Å². The van der Waals surface area contributed by atoms with Crippen molar-refractivity contribution in [2.45, 2.75) is 39.2 Å². The molecule has 4 N–H and O–H groups in total. The molecule has 0 saturated heterocycles. The zero-order valence-corrected chi connectivity index (χ0v) is 11.6. The molecule has 1 aliphatic rings. The fourth-order valence-corrected chi connectivity index (χ4v) is 1.94. The van der Waals surface area contributed by atoms with Gasteiger partial charge in [-0.3, -0.25) is 0 Å². The van der Waals surface area contributed by atoms with Gasteiger partial charge in [0, 0.05) is 12.0 Å². The standard InChI is InChI=1S/C13H18N6O/c1-7-8(2)20-12(16-7)6-15-10-5-11(19-14)18-13(17-10)9-3-4-9/h5,9H,3-4,6,14H2,1-2H3,(H2,15,17,18,19). The van der Waals surface area contributed by atoms with Gasteiger partial charge in [0.2, 0.25) is 5.89 Å². The van der Waals surface area contributed by atoms with E-state index in [9.17, 15) is 0 Å². The van der Waals surface area contributed by atoms with Crippen LogP contribution < -0.4 is 16.6 Å². The van der Waals surface area contributed by atoms with Crippen molar-refractivity contribution < 1.29 is 4.42 Å². The molecule has 20 heavy (non-hydrogen) atoms. The molecule has 2 heterocycles. The molecule has 0 bridgehead atoms. The van der Waals surface area contributed by atoms with E-state index in [1.54, 1.807) is 6.07 Å². The minimum absolute atomic E-state index is 0.468. The highest BCUT2D eigenvalue weighted by atomic mass is 16.4. The number of hydrogen-bond acceptors (Lipinski definition) is 7. The lowest BCUT2D eigenvalue weighted by Gasteiger charge is -2.08. The van der Waals surface area contributed by atoms with Crippen LogP contribution in [0.3, 0.4) is 0 Å². The summed E-state index contributed by atoms with van der Waals surface area (Å²) in [5, 5.41) is 3.20. The number of oxazole rings is 1. The topological polar surface area (TPSA) is 102 Å². The Morgan fingerprint density at radius 1 is 1.25 bits per heavy atom. The third-order valence-electron chi connectivity index (χ3n) is 3.33. The van der Waals surface area contributed by atoms with E-state index in [2.05, 4.69) is 25.7 Å². The number of nitrogen functional groups attached to an aromatic ring is 1. The largest absolute Gasteiger partial charge is 0.444 e. The first kappa shape index (κ1) is 12.9. The molecule has 1 aliphatic carbocycles. The SMILES string of the molecule is Cc1nc(CNc2cc(NN)nc(C3CC3)n2)oc1C. The minimum Gasteiger partial charge on any atom is -0.444 e. The third-order valence-corrected chi connectivity index (χ3v) is 3.33. The van der Waals surface area contributed by atoms with Crippen LogP contribution in [0.4, 0.5) is 11.6 Å². The summed E-state index contributed by atoms with van der Waals surface area (Å²) in [6.45, 7) is 4.31. The van der Waals surface area contributed by atoms with Crippen LogP contribution in [0.15, 0.2) is 10.5 Å². The van der Waals surface area contributed by atoms with Gasteiger partial charge in [-0.2, -0.15) is 0 Å². The predicted octanol–water partition coefficient (Wildman–Crippen LogP) is 1.86. The first-order valence-corrected chi connectivity index (χ1v) is 6.68. The number of hydrogen-bond donors (Lipinski definition) is 3. The van der Waals surface area contributed by atoms with E-state index in [1.165, 1.54) is 0 Å². The molecule has 0 radical (unpaired) electrons. The smallest absolute Gasteiger partial charge is 0.213 e. The summed E-state index contributed by atoms with van der Waals surface area (Å²) in [6.07, 6.45) is 2.29. The van der Waals surface area contributed by atoms with Crippen molar-refractivity contribution >= 4 is 11.6 Å². The Bertz CT molecular complexity index is 600. The van der Waals surface area contributed by atoms with Crippen LogP contribution in [0.1, 0.15) is 41.9 Å². The maximum Gasteiger partial charge on any atom is 0.213 e. The van der Waals surface area contributed by atoms with Crippen molar-refractivity contribution in [2.75, 3.05) is 10.7 Å². The van der Waals surface area contributed by atoms with Gasteiger partial charge in [0.05, 0.1) is 12.2 Å². The van der Waals surface area contributed by atoms with E-state index >= 15 is 0 Å². The Labute approximate surface area is 117 Å². The Hall–Kier alpha value is -2.15. The highest BCUT2D eigenvalue weighted by molar-refractivity contribution is 5.47. The van der Waals surface area contributed by atoms with Crippen LogP contribution in [0.5, 0.6) is 0 Å². The van der Waals surface area contributed by atoms with Crippen molar-refractivity contribution in [3.63, 3.8) is 0 Å². The number of anilines is 2. The van der Waals surface area contributed by atoms with E-state index in [-0.39, 0.29) is 0 Å². The Morgan fingerprint density at radius 3 is 2.60 bits per heavy atom. The Balaban J connectivity index is 1.74. The van der Waals surface area contributed by atoms with Gasteiger partial charge in [-0.05, 0) is 26.7 Å². The first-order valence-electron chi connectivity index (χ1n) is 6.68. The number of hydrazine groups is 1. The molecular formula is C13H18N6O. The average molecular weight is 274 g/mol. The summed E-state index contributed by atoms with van der Waals surface area (Å²) in [6, 6.07) is 1.77. The molecule has 2 aromatic rings. The van der Waals surface area contributed by atoms with Gasteiger partial charge < -0.3 is 15.2 Å². The third kappa shape index (κ3) is 2.72. The van der Waals surface area contributed by atoms with Crippen molar-refractivity contribution in [2.24, 2.45) is 5.84 Å². The average Bonchev–Trinajstić information content (AvgIpc) is 3.24. The second kappa shape index (κ2) is 5.09. The predicted molar refractivity (Wildman–Crippen MR) is 75.1 cm³/mol. The van der Waals surface area contributed by atoms with E-state index in [0.29, 0.717) is 24.2 Å². The van der Waals surface area contributed by atoms with Gasteiger partial charge in [-0.1, -0.05) is 0 Å². The molecular weight excluding hydrogens is 256 g/mol. The molecule has 7 heteroatoms. The Morgan fingerprint density at radius 2 is 2.00 bits per heavy atom. The first-order chi connectivity index (χ1) is 9.65. The van der Waals surface area contributed by atoms with Gasteiger partial charge >= 0.3 is 0 Å². The normalized spacial score (nSPS) is 14.3. The molecule has 1 saturated carbocycles. The lowest BCUT2D eigenvalue weighted by atomic mass is 10.3. The van der Waals surface area contributed by atoms with Crippen molar-refractivity contribution in [1.29, 1.82) is 0 Å². The molecule has 0 amide bonds. The van der Waals surface area contributed by atoms with Crippen LogP contribution in [0.25, 0.3) is 0 Å². The monoisotopic (exact) mass is 274 g/mol. The Kier molecular flexibility index (Phi) is 3.27. The zero-order valence-electron chi connectivity index (χ0n) is 11.6. The van der Waals surface area contributed by atoms with E-state index in [1.807, 2.05) is 13.8 Å².